The molecule has 0 amide bonds. The fourth-order valence-electron chi connectivity index (χ4n) is 2.33. The van der Waals surface area contributed by atoms with E-state index in [1.165, 1.54) is 41.4 Å². The zero-order chi connectivity index (χ0) is 15.3. The number of rotatable bonds is 12. The fraction of sp³-hybridized carbons (Fsp3) is 0.667. The Balaban J connectivity index is 2.37. The smallest absolute Gasteiger partial charge is 0.0482 e. The summed E-state index contributed by atoms with van der Waals surface area (Å²) in [5.41, 5.74) is 2.71. The SMILES string of the molecule is CCCCCCc1cc(Br)ccc1NCCCOCCC. The van der Waals surface area contributed by atoms with E-state index in [4.69, 9.17) is 4.74 Å². The van der Waals surface area contributed by atoms with Gasteiger partial charge in [0.15, 0.2) is 0 Å². The van der Waals surface area contributed by atoms with Crippen LogP contribution in [0, 0.1) is 0 Å². The molecule has 1 rings (SSSR count). The normalized spacial score (nSPS) is 10.8. The van der Waals surface area contributed by atoms with Gasteiger partial charge in [0.25, 0.3) is 0 Å². The lowest BCUT2D eigenvalue weighted by atomic mass is 10.0. The Labute approximate surface area is 138 Å². The molecule has 21 heavy (non-hydrogen) atoms. The Morgan fingerprint density at radius 1 is 1.00 bits per heavy atom. The van der Waals surface area contributed by atoms with Crippen LogP contribution in [0.5, 0.6) is 0 Å². The average Bonchev–Trinajstić information content (AvgIpc) is 2.49. The maximum Gasteiger partial charge on any atom is 0.0482 e. The van der Waals surface area contributed by atoms with Gasteiger partial charge in [0.1, 0.15) is 0 Å². The minimum absolute atomic E-state index is 0.850. The number of nitrogens with one attached hydrogen (secondary N) is 1. The maximum absolute atomic E-state index is 5.51. The molecule has 1 aromatic rings. The van der Waals surface area contributed by atoms with Gasteiger partial charge < -0.3 is 10.1 Å². The minimum atomic E-state index is 0.850. The summed E-state index contributed by atoms with van der Waals surface area (Å²) in [6.07, 6.45) is 8.56. The highest BCUT2D eigenvalue weighted by molar-refractivity contribution is 9.10. The Hall–Kier alpha value is -0.540. The summed E-state index contributed by atoms with van der Waals surface area (Å²) in [5.74, 6) is 0. The van der Waals surface area contributed by atoms with Gasteiger partial charge in [0.05, 0.1) is 0 Å². The molecule has 0 fully saturated rings. The van der Waals surface area contributed by atoms with E-state index >= 15 is 0 Å². The first-order chi connectivity index (χ1) is 10.3. The van der Waals surface area contributed by atoms with Crippen molar-refractivity contribution in [1.29, 1.82) is 0 Å². The molecular weight excluding hydrogens is 326 g/mol. The van der Waals surface area contributed by atoms with Gasteiger partial charge in [-0.1, -0.05) is 49.0 Å². The van der Waals surface area contributed by atoms with Gasteiger partial charge in [-0.3, -0.25) is 0 Å². The number of benzene rings is 1. The average molecular weight is 356 g/mol. The highest BCUT2D eigenvalue weighted by atomic mass is 79.9. The van der Waals surface area contributed by atoms with E-state index in [1.807, 2.05) is 0 Å². The van der Waals surface area contributed by atoms with Crippen LogP contribution < -0.4 is 5.32 Å². The Morgan fingerprint density at radius 3 is 2.62 bits per heavy atom. The van der Waals surface area contributed by atoms with Gasteiger partial charge in [-0.15, -0.1) is 0 Å². The summed E-state index contributed by atoms with van der Waals surface area (Å²) >= 11 is 3.58. The Kier molecular flexibility index (Phi) is 10.6. The first kappa shape index (κ1) is 18.5. The van der Waals surface area contributed by atoms with Gasteiger partial charge in [-0.2, -0.15) is 0 Å². The van der Waals surface area contributed by atoms with Crippen LogP contribution in [0.4, 0.5) is 5.69 Å². The van der Waals surface area contributed by atoms with E-state index < -0.39 is 0 Å². The van der Waals surface area contributed by atoms with Crippen LogP contribution in [0.1, 0.15) is 57.9 Å². The lowest BCUT2D eigenvalue weighted by Gasteiger charge is -2.13. The van der Waals surface area contributed by atoms with Crippen LogP contribution >= 0.6 is 15.9 Å². The fourth-order valence-corrected chi connectivity index (χ4v) is 2.74. The molecule has 0 radical (unpaired) electrons. The molecule has 1 aromatic carbocycles. The number of anilines is 1. The first-order valence-electron chi connectivity index (χ1n) is 8.38. The number of hydrogen-bond acceptors (Lipinski definition) is 2. The second-order valence-corrected chi connectivity index (χ2v) is 6.42. The van der Waals surface area contributed by atoms with E-state index in [1.54, 1.807) is 0 Å². The molecule has 0 bridgehead atoms. The van der Waals surface area contributed by atoms with E-state index in [0.29, 0.717) is 0 Å². The van der Waals surface area contributed by atoms with Crippen LogP contribution in [0.2, 0.25) is 0 Å². The summed E-state index contributed by atoms with van der Waals surface area (Å²) in [4.78, 5) is 0. The van der Waals surface area contributed by atoms with Crippen molar-refractivity contribution in [3.63, 3.8) is 0 Å². The number of halogens is 1. The third-order valence-electron chi connectivity index (χ3n) is 3.50. The number of unbranched alkanes of at least 4 members (excludes halogenated alkanes) is 3. The van der Waals surface area contributed by atoms with Gasteiger partial charge in [-0.25, -0.2) is 0 Å². The number of ether oxygens (including phenoxy) is 1. The predicted octanol–water partition coefficient (Wildman–Crippen LogP) is 5.80. The molecule has 3 heteroatoms. The molecule has 0 heterocycles. The summed E-state index contributed by atoms with van der Waals surface area (Å²) in [5, 5.41) is 3.56. The molecule has 0 aliphatic heterocycles. The first-order valence-corrected chi connectivity index (χ1v) is 9.17. The second-order valence-electron chi connectivity index (χ2n) is 5.50. The Bertz CT molecular complexity index is 381. The van der Waals surface area contributed by atoms with Crippen molar-refractivity contribution < 1.29 is 4.74 Å². The molecule has 0 saturated carbocycles. The lowest BCUT2D eigenvalue weighted by molar-refractivity contribution is 0.134. The van der Waals surface area contributed by atoms with Crippen molar-refractivity contribution in [2.45, 2.75) is 58.8 Å². The van der Waals surface area contributed by atoms with Crippen LogP contribution in [-0.2, 0) is 11.2 Å². The van der Waals surface area contributed by atoms with Crippen molar-refractivity contribution >= 4 is 21.6 Å². The van der Waals surface area contributed by atoms with Crippen molar-refractivity contribution in [3.05, 3.63) is 28.2 Å². The van der Waals surface area contributed by atoms with Crippen LogP contribution in [-0.4, -0.2) is 19.8 Å². The van der Waals surface area contributed by atoms with Crippen molar-refractivity contribution in [1.82, 2.24) is 0 Å². The molecule has 0 aliphatic rings. The van der Waals surface area contributed by atoms with E-state index in [9.17, 15) is 0 Å². The highest BCUT2D eigenvalue weighted by Gasteiger charge is 2.03. The molecule has 0 atom stereocenters. The summed E-state index contributed by atoms with van der Waals surface area (Å²) in [6, 6.07) is 6.56. The third-order valence-corrected chi connectivity index (χ3v) is 3.99. The summed E-state index contributed by atoms with van der Waals surface area (Å²) < 4.78 is 6.69. The van der Waals surface area contributed by atoms with E-state index in [2.05, 4.69) is 53.3 Å². The molecule has 2 nitrogen and oxygen atoms in total. The van der Waals surface area contributed by atoms with Crippen molar-refractivity contribution in [3.8, 4) is 0 Å². The quantitative estimate of drug-likeness (QED) is 0.478. The van der Waals surface area contributed by atoms with Crippen LogP contribution in [0.25, 0.3) is 0 Å². The molecule has 0 saturated heterocycles. The molecule has 0 unspecified atom stereocenters. The second kappa shape index (κ2) is 12.0. The van der Waals surface area contributed by atoms with Gasteiger partial charge in [0.2, 0.25) is 0 Å². The molecule has 0 aliphatic carbocycles. The highest BCUT2D eigenvalue weighted by Crippen LogP contribution is 2.23. The van der Waals surface area contributed by atoms with Gasteiger partial charge >= 0.3 is 0 Å². The van der Waals surface area contributed by atoms with Crippen LogP contribution in [0.15, 0.2) is 22.7 Å². The summed E-state index contributed by atoms with van der Waals surface area (Å²) in [7, 11) is 0. The monoisotopic (exact) mass is 355 g/mol. The number of aryl methyl sites for hydroxylation is 1. The summed E-state index contributed by atoms with van der Waals surface area (Å²) in [6.45, 7) is 7.11. The van der Waals surface area contributed by atoms with Crippen LogP contribution in [0.3, 0.4) is 0 Å². The topological polar surface area (TPSA) is 21.3 Å². The molecule has 0 spiro atoms. The zero-order valence-corrected chi connectivity index (χ0v) is 15.2. The van der Waals surface area contributed by atoms with Crippen molar-refractivity contribution in [2.75, 3.05) is 25.1 Å². The van der Waals surface area contributed by atoms with E-state index in [-0.39, 0.29) is 0 Å². The predicted molar refractivity (Wildman–Crippen MR) is 96.2 cm³/mol. The van der Waals surface area contributed by atoms with Gasteiger partial charge in [0, 0.05) is 29.9 Å². The Morgan fingerprint density at radius 2 is 1.86 bits per heavy atom. The molecule has 1 N–H and O–H groups in total. The molecule has 0 aromatic heterocycles. The largest absolute Gasteiger partial charge is 0.385 e. The molecular formula is C18H30BrNO. The zero-order valence-electron chi connectivity index (χ0n) is 13.6. The van der Waals surface area contributed by atoms with Crippen molar-refractivity contribution in [2.24, 2.45) is 0 Å². The van der Waals surface area contributed by atoms with E-state index in [0.717, 1.165) is 39.0 Å². The number of hydrogen-bond donors (Lipinski definition) is 1. The lowest BCUT2D eigenvalue weighted by Crippen LogP contribution is -2.08. The minimum Gasteiger partial charge on any atom is -0.385 e. The maximum atomic E-state index is 5.51. The molecule has 120 valence electrons. The third kappa shape index (κ3) is 8.47. The van der Waals surface area contributed by atoms with Gasteiger partial charge in [-0.05, 0) is 49.4 Å². The standard InChI is InChI=1S/C18H30BrNO/c1-3-5-6-7-9-16-15-17(19)10-11-18(16)20-12-8-14-21-13-4-2/h10-11,15,20H,3-9,12-14H2,1-2H3.